The van der Waals surface area contributed by atoms with Crippen molar-refractivity contribution in [3.63, 3.8) is 0 Å². The van der Waals surface area contributed by atoms with Gasteiger partial charge in [-0.25, -0.2) is 36.9 Å². The molecule has 0 unspecified atom stereocenters. The molecule has 0 atom stereocenters. The molecule has 4 aromatic rings. The Hall–Kier alpha value is -4.66. The summed E-state index contributed by atoms with van der Waals surface area (Å²) < 4.78 is 60.1. The van der Waals surface area contributed by atoms with Crippen LogP contribution in [0.15, 0.2) is 43.0 Å². The number of piperazine rings is 1. The van der Waals surface area contributed by atoms with Crippen LogP contribution < -0.4 is 9.21 Å². The van der Waals surface area contributed by atoms with Gasteiger partial charge < -0.3 is 19.5 Å². The summed E-state index contributed by atoms with van der Waals surface area (Å²) >= 11 is 0. The highest BCUT2D eigenvalue weighted by Gasteiger charge is 2.28. The Morgan fingerprint density at radius 3 is 2.31 bits per heavy atom. The second-order valence-corrected chi connectivity index (χ2v) is 12.5. The Kier molecular flexibility index (Phi) is 9.00. The molecule has 1 saturated heterocycles. The molecule has 12 nitrogen and oxygen atoms in total. The number of aromatic nitrogens is 4. The number of ether oxygens (including phenoxy) is 1. The highest BCUT2D eigenvalue weighted by Crippen LogP contribution is 2.31. The first-order valence-electron chi connectivity index (χ1n) is 14.3. The number of nitrogens with one attached hydrogen (secondary N) is 1. The van der Waals surface area contributed by atoms with Crippen molar-refractivity contribution in [1.29, 1.82) is 0 Å². The van der Waals surface area contributed by atoms with Gasteiger partial charge in [0, 0.05) is 79.6 Å². The number of nitrogens with zero attached hydrogens (tertiary/aromatic N) is 6. The number of carbonyl (C=O) groups excluding carboxylic acids is 2. The monoisotopic (exact) mass is 641 g/mol. The van der Waals surface area contributed by atoms with Crippen LogP contribution in [0.5, 0.6) is 0 Å². The molecule has 1 fully saturated rings. The number of anilines is 2. The van der Waals surface area contributed by atoms with E-state index in [-0.39, 0.29) is 18.2 Å². The molecule has 4 heterocycles. The average Bonchev–Trinajstić information content (AvgIpc) is 3.43. The number of amides is 1. The number of benzene rings is 1. The van der Waals surface area contributed by atoms with Crippen molar-refractivity contribution in [3.05, 3.63) is 65.7 Å². The molecule has 15 heteroatoms. The van der Waals surface area contributed by atoms with Gasteiger partial charge in [-0.05, 0) is 45.4 Å². The number of aromatic amines is 1. The van der Waals surface area contributed by atoms with Crippen LogP contribution in [0, 0.1) is 11.6 Å². The van der Waals surface area contributed by atoms with Crippen LogP contribution in [0.25, 0.3) is 22.2 Å². The Labute approximate surface area is 260 Å². The van der Waals surface area contributed by atoms with Gasteiger partial charge in [0.25, 0.3) is 0 Å². The third-order valence-corrected chi connectivity index (χ3v) is 7.98. The van der Waals surface area contributed by atoms with Crippen molar-refractivity contribution in [3.8, 4) is 11.1 Å². The van der Waals surface area contributed by atoms with Gasteiger partial charge in [0.1, 0.15) is 17.1 Å². The van der Waals surface area contributed by atoms with E-state index in [4.69, 9.17) is 4.74 Å². The van der Waals surface area contributed by atoms with Crippen molar-refractivity contribution < 1.29 is 31.5 Å². The summed E-state index contributed by atoms with van der Waals surface area (Å²) in [6.07, 6.45) is 6.10. The first-order valence-corrected chi connectivity index (χ1v) is 15.5. The van der Waals surface area contributed by atoms with Crippen LogP contribution in [0.2, 0.25) is 0 Å². The van der Waals surface area contributed by atoms with Crippen molar-refractivity contribution in [1.82, 2.24) is 24.8 Å². The summed E-state index contributed by atoms with van der Waals surface area (Å²) in [4.78, 5) is 45.6. The molecule has 1 amide bonds. The van der Waals surface area contributed by atoms with E-state index in [0.717, 1.165) is 16.4 Å². The number of thiol groups is 1. The van der Waals surface area contributed by atoms with Gasteiger partial charge >= 0.3 is 6.09 Å². The lowest BCUT2D eigenvalue weighted by Crippen LogP contribution is -2.50. The van der Waals surface area contributed by atoms with Crippen LogP contribution in [-0.2, 0) is 15.6 Å². The first-order chi connectivity index (χ1) is 21.4. The van der Waals surface area contributed by atoms with E-state index in [2.05, 4.69) is 19.9 Å². The smallest absolute Gasteiger partial charge is 0.410 e. The van der Waals surface area contributed by atoms with E-state index in [1.165, 1.54) is 6.20 Å². The second kappa shape index (κ2) is 12.8. The number of H-pyrrole nitrogens is 1. The molecule has 1 aromatic carbocycles. The van der Waals surface area contributed by atoms with E-state index >= 15 is 4.39 Å². The molecule has 0 spiro atoms. The van der Waals surface area contributed by atoms with Gasteiger partial charge in [0.15, 0.2) is 5.82 Å². The SMILES string of the molecule is CCCN(c1ccc(F)c(C(=O)c2c[nH]c3ncc(-c4cnc(N5CCN(C(=O)OC(C)(C)C)CC5)nc4)cc23)c1F)[SH](=O)=O. The van der Waals surface area contributed by atoms with Crippen molar-refractivity contribution in [2.75, 3.05) is 41.9 Å². The molecule has 5 rings (SSSR count). The summed E-state index contributed by atoms with van der Waals surface area (Å²) in [5.74, 6) is -2.86. The van der Waals surface area contributed by atoms with E-state index in [1.807, 2.05) is 25.7 Å². The largest absolute Gasteiger partial charge is 0.444 e. The fourth-order valence-corrected chi connectivity index (χ4v) is 5.68. The number of hydrogen-bond donors (Lipinski definition) is 2. The minimum Gasteiger partial charge on any atom is -0.444 e. The Balaban J connectivity index is 1.37. The molecule has 3 aromatic heterocycles. The normalized spacial score (nSPS) is 13.8. The predicted octanol–water partition coefficient (Wildman–Crippen LogP) is 4.33. The zero-order valence-electron chi connectivity index (χ0n) is 25.2. The topological polar surface area (TPSA) is 142 Å². The van der Waals surface area contributed by atoms with Crippen molar-refractivity contribution in [2.45, 2.75) is 39.7 Å². The molecule has 0 bridgehead atoms. The van der Waals surface area contributed by atoms with E-state index in [1.54, 1.807) is 36.5 Å². The van der Waals surface area contributed by atoms with Gasteiger partial charge in [-0.15, -0.1) is 0 Å². The Bertz CT molecular complexity index is 1810. The summed E-state index contributed by atoms with van der Waals surface area (Å²) in [6, 6.07) is 3.52. The van der Waals surface area contributed by atoms with Crippen LogP contribution in [0.3, 0.4) is 0 Å². The zero-order valence-corrected chi connectivity index (χ0v) is 26.1. The summed E-state index contributed by atoms with van der Waals surface area (Å²) in [7, 11) is -3.22. The Morgan fingerprint density at radius 1 is 1.02 bits per heavy atom. The lowest BCUT2D eigenvalue weighted by atomic mass is 10.00. The van der Waals surface area contributed by atoms with Crippen molar-refractivity contribution >= 4 is 45.4 Å². The molecular formula is C30H33F2N7O5S. The molecule has 0 radical (unpaired) electrons. The number of carbonyl (C=O) groups is 2. The zero-order chi connectivity index (χ0) is 32.5. The van der Waals surface area contributed by atoms with Crippen LogP contribution >= 0.6 is 0 Å². The molecule has 1 N–H and O–H groups in total. The predicted molar refractivity (Wildman–Crippen MR) is 165 cm³/mol. The van der Waals surface area contributed by atoms with E-state index in [0.29, 0.717) is 60.7 Å². The second-order valence-electron chi connectivity index (χ2n) is 11.5. The van der Waals surface area contributed by atoms with Gasteiger partial charge in [0.2, 0.25) is 22.6 Å². The highest BCUT2D eigenvalue weighted by atomic mass is 32.2. The number of ketones is 1. The van der Waals surface area contributed by atoms with E-state index < -0.39 is 45.2 Å². The number of rotatable bonds is 8. The molecule has 1 aliphatic rings. The van der Waals surface area contributed by atoms with Crippen LogP contribution in [-0.4, -0.2) is 83.5 Å². The number of hydrogen-bond acceptors (Lipinski definition) is 9. The average molecular weight is 642 g/mol. The fraction of sp³-hybridized carbons (Fsp3) is 0.367. The lowest BCUT2D eigenvalue weighted by Gasteiger charge is -2.35. The van der Waals surface area contributed by atoms with Crippen LogP contribution in [0.1, 0.15) is 50.0 Å². The molecular weight excluding hydrogens is 608 g/mol. The third-order valence-electron chi connectivity index (χ3n) is 7.17. The highest BCUT2D eigenvalue weighted by molar-refractivity contribution is 7.74. The standard InChI is InChI=1S/C30H33F2N7O5S/c1-5-8-39(45(42)43)23-7-6-22(31)24(25(23)32)26(40)21-17-34-27-20(21)13-18(14-33-27)19-15-35-28(36-16-19)37-9-11-38(12-10-37)29(41)44-30(2,3)4/h6-7,13-17,45H,5,8-12H2,1-4H3,(H,33,34). The minimum atomic E-state index is -3.22. The van der Waals surface area contributed by atoms with Crippen molar-refractivity contribution in [2.24, 2.45) is 0 Å². The van der Waals surface area contributed by atoms with Gasteiger partial charge in [0.05, 0.1) is 11.3 Å². The van der Waals surface area contributed by atoms with Gasteiger partial charge in [-0.1, -0.05) is 6.92 Å². The summed E-state index contributed by atoms with van der Waals surface area (Å²) in [5.41, 5.74) is -0.415. The molecule has 0 aliphatic carbocycles. The number of halogens is 2. The quantitative estimate of drug-likeness (QED) is 0.212. The Morgan fingerprint density at radius 2 is 1.69 bits per heavy atom. The molecule has 238 valence electrons. The lowest BCUT2D eigenvalue weighted by molar-refractivity contribution is 0.0240. The van der Waals surface area contributed by atoms with E-state index in [9.17, 15) is 22.4 Å². The third kappa shape index (κ3) is 6.72. The molecule has 45 heavy (non-hydrogen) atoms. The molecule has 0 saturated carbocycles. The van der Waals surface area contributed by atoms with Gasteiger partial charge in [-0.2, -0.15) is 0 Å². The number of pyridine rings is 1. The summed E-state index contributed by atoms with van der Waals surface area (Å²) in [6.45, 7) is 9.11. The maximum absolute atomic E-state index is 15.5. The minimum absolute atomic E-state index is 0.0294. The molecule has 1 aliphatic heterocycles. The fourth-order valence-electron chi connectivity index (χ4n) is 4.98. The van der Waals surface area contributed by atoms with Crippen LogP contribution in [0.4, 0.5) is 25.2 Å². The summed E-state index contributed by atoms with van der Waals surface area (Å²) in [5, 5.41) is 0.310. The maximum atomic E-state index is 15.5. The van der Waals surface area contributed by atoms with Gasteiger partial charge in [-0.3, -0.25) is 9.10 Å². The first kappa shape index (κ1) is 31.8. The number of fused-ring (bicyclic) bond motifs is 1. The maximum Gasteiger partial charge on any atom is 0.410 e.